The van der Waals surface area contributed by atoms with Gasteiger partial charge in [-0.2, -0.15) is 0 Å². The van der Waals surface area contributed by atoms with E-state index in [1.807, 2.05) is 47.8 Å². The first-order valence-electron chi connectivity index (χ1n) is 7.46. The number of hydrogen-bond donors (Lipinski definition) is 2. The monoisotopic (exact) mass is 335 g/mol. The Morgan fingerprint density at radius 3 is 2.70 bits per heavy atom. The van der Waals surface area contributed by atoms with Gasteiger partial charge in [0.1, 0.15) is 11.9 Å². The molecule has 2 rings (SSSR count). The Balaban J connectivity index is 1.85. The lowest BCUT2D eigenvalue weighted by molar-refractivity contribution is -0.128. The molecule has 1 aromatic carbocycles. The molecule has 6 heteroatoms. The molecule has 1 heterocycles. The normalized spacial score (nSPS) is 13.3. The number of rotatable bonds is 9. The van der Waals surface area contributed by atoms with Crippen molar-refractivity contribution in [3.05, 3.63) is 52.7 Å². The summed E-state index contributed by atoms with van der Waals surface area (Å²) in [4.78, 5) is 13.2. The van der Waals surface area contributed by atoms with E-state index in [2.05, 4.69) is 5.32 Å². The minimum atomic E-state index is -0.598. The van der Waals surface area contributed by atoms with Crippen LogP contribution in [0.3, 0.4) is 0 Å². The smallest absolute Gasteiger partial charge is 0.260 e. The lowest BCUT2D eigenvalue weighted by Crippen LogP contribution is -2.38. The summed E-state index contributed by atoms with van der Waals surface area (Å²) >= 11 is 1.55. The van der Waals surface area contributed by atoms with Gasteiger partial charge in [0.15, 0.2) is 6.10 Å². The van der Waals surface area contributed by atoms with Crippen LogP contribution in [-0.4, -0.2) is 36.9 Å². The zero-order valence-electron chi connectivity index (χ0n) is 13.0. The predicted molar refractivity (Wildman–Crippen MR) is 89.6 cm³/mol. The van der Waals surface area contributed by atoms with Crippen LogP contribution in [0.5, 0.6) is 5.75 Å². The van der Waals surface area contributed by atoms with Crippen molar-refractivity contribution < 1.29 is 19.4 Å². The Bertz CT molecular complexity index is 574. The summed E-state index contributed by atoms with van der Waals surface area (Å²) in [6, 6.07) is 13.1. The molecule has 0 saturated heterocycles. The van der Waals surface area contributed by atoms with Crippen LogP contribution < -0.4 is 10.1 Å². The highest BCUT2D eigenvalue weighted by molar-refractivity contribution is 7.10. The second-order valence-electron chi connectivity index (χ2n) is 4.92. The molecule has 2 atom stereocenters. The number of amides is 1. The van der Waals surface area contributed by atoms with Crippen LogP contribution in [-0.2, 0) is 9.53 Å². The second kappa shape index (κ2) is 9.29. The van der Waals surface area contributed by atoms with Crippen molar-refractivity contribution >= 4 is 17.2 Å². The van der Waals surface area contributed by atoms with Crippen molar-refractivity contribution in [2.75, 3.05) is 19.8 Å². The topological polar surface area (TPSA) is 67.8 Å². The lowest BCUT2D eigenvalue weighted by atomic mass is 10.2. The van der Waals surface area contributed by atoms with E-state index in [4.69, 9.17) is 14.6 Å². The van der Waals surface area contributed by atoms with E-state index in [9.17, 15) is 4.79 Å². The minimum absolute atomic E-state index is 0.0522. The van der Waals surface area contributed by atoms with Gasteiger partial charge in [0.05, 0.1) is 13.2 Å². The molecule has 1 amide bonds. The predicted octanol–water partition coefficient (Wildman–Crippen LogP) is 2.38. The maximum Gasteiger partial charge on any atom is 0.260 e. The number of hydrogen-bond acceptors (Lipinski definition) is 5. The number of aliphatic hydroxyl groups is 1. The molecule has 0 aliphatic rings. The Morgan fingerprint density at radius 2 is 2.04 bits per heavy atom. The fraction of sp³-hybridized carbons (Fsp3) is 0.353. The van der Waals surface area contributed by atoms with Crippen LogP contribution in [0.25, 0.3) is 0 Å². The number of ether oxygens (including phenoxy) is 2. The molecular weight excluding hydrogens is 314 g/mol. The number of carbonyl (C=O) groups is 1. The number of nitrogens with one attached hydrogen (secondary N) is 1. The SMILES string of the molecule is C[C@H](Oc1ccccc1)C(=O)NC[C@@H](OCCO)c1cccs1. The van der Waals surface area contributed by atoms with Crippen LogP contribution in [0, 0.1) is 0 Å². The molecular formula is C17H21NO4S. The highest BCUT2D eigenvalue weighted by Crippen LogP contribution is 2.21. The van der Waals surface area contributed by atoms with E-state index >= 15 is 0 Å². The van der Waals surface area contributed by atoms with Crippen molar-refractivity contribution in [2.45, 2.75) is 19.1 Å². The van der Waals surface area contributed by atoms with Gasteiger partial charge in [0.2, 0.25) is 0 Å². The van der Waals surface area contributed by atoms with Crippen molar-refractivity contribution in [1.29, 1.82) is 0 Å². The molecule has 0 aliphatic carbocycles. The molecule has 2 aromatic rings. The minimum Gasteiger partial charge on any atom is -0.481 e. The van der Waals surface area contributed by atoms with E-state index in [1.165, 1.54) is 0 Å². The van der Waals surface area contributed by atoms with Gasteiger partial charge in [-0.05, 0) is 30.5 Å². The van der Waals surface area contributed by atoms with E-state index in [1.54, 1.807) is 18.3 Å². The third-order valence-corrected chi connectivity index (χ3v) is 4.12. The fourth-order valence-electron chi connectivity index (χ4n) is 2.00. The molecule has 0 spiro atoms. The zero-order valence-corrected chi connectivity index (χ0v) is 13.8. The third-order valence-electron chi connectivity index (χ3n) is 3.16. The van der Waals surface area contributed by atoms with Gasteiger partial charge in [-0.15, -0.1) is 11.3 Å². The van der Waals surface area contributed by atoms with Crippen molar-refractivity contribution in [1.82, 2.24) is 5.32 Å². The molecule has 23 heavy (non-hydrogen) atoms. The summed E-state index contributed by atoms with van der Waals surface area (Å²) in [6.07, 6.45) is -0.866. The molecule has 0 fully saturated rings. The summed E-state index contributed by atoms with van der Waals surface area (Å²) in [5.74, 6) is 0.449. The number of benzene rings is 1. The lowest BCUT2D eigenvalue weighted by Gasteiger charge is -2.19. The quantitative estimate of drug-likeness (QED) is 0.738. The van der Waals surface area contributed by atoms with Gasteiger partial charge >= 0.3 is 0 Å². The van der Waals surface area contributed by atoms with Gasteiger partial charge in [-0.3, -0.25) is 4.79 Å². The number of thiophene rings is 1. The van der Waals surface area contributed by atoms with E-state index < -0.39 is 6.10 Å². The summed E-state index contributed by atoms with van der Waals surface area (Å²) in [6.45, 7) is 2.22. The first-order chi connectivity index (χ1) is 11.2. The van der Waals surface area contributed by atoms with Gasteiger partial charge in [0.25, 0.3) is 5.91 Å². The summed E-state index contributed by atoms with van der Waals surface area (Å²) < 4.78 is 11.2. The van der Waals surface area contributed by atoms with Gasteiger partial charge in [0, 0.05) is 11.4 Å². The van der Waals surface area contributed by atoms with Gasteiger partial charge in [-0.25, -0.2) is 0 Å². The van der Waals surface area contributed by atoms with Crippen LogP contribution in [0.15, 0.2) is 47.8 Å². The maximum absolute atomic E-state index is 12.2. The Morgan fingerprint density at radius 1 is 1.26 bits per heavy atom. The number of para-hydroxylation sites is 1. The first-order valence-corrected chi connectivity index (χ1v) is 8.34. The molecule has 0 aliphatic heterocycles. The molecule has 124 valence electrons. The van der Waals surface area contributed by atoms with Crippen LogP contribution in [0.2, 0.25) is 0 Å². The van der Waals surface area contributed by atoms with Crippen molar-refractivity contribution in [2.24, 2.45) is 0 Å². The Kier molecular flexibility index (Phi) is 7.06. The van der Waals surface area contributed by atoms with Crippen molar-refractivity contribution in [3.8, 4) is 5.75 Å². The van der Waals surface area contributed by atoms with Crippen LogP contribution in [0.1, 0.15) is 17.9 Å². The fourth-order valence-corrected chi connectivity index (χ4v) is 2.78. The number of carbonyl (C=O) groups excluding carboxylic acids is 1. The largest absolute Gasteiger partial charge is 0.481 e. The van der Waals surface area contributed by atoms with Gasteiger partial charge < -0.3 is 19.9 Å². The average Bonchev–Trinajstić information content (AvgIpc) is 3.10. The zero-order chi connectivity index (χ0) is 16.5. The first kappa shape index (κ1) is 17.5. The second-order valence-corrected chi connectivity index (χ2v) is 5.90. The van der Waals surface area contributed by atoms with E-state index in [-0.39, 0.29) is 25.2 Å². The standard InChI is InChI=1S/C17H21NO4S/c1-13(22-14-6-3-2-4-7-14)17(20)18-12-15(21-10-9-19)16-8-5-11-23-16/h2-8,11,13,15,19H,9-10,12H2,1H3,(H,18,20)/t13-,15+/m0/s1. The van der Waals surface area contributed by atoms with E-state index in [0.29, 0.717) is 12.3 Å². The summed E-state index contributed by atoms with van der Waals surface area (Å²) in [7, 11) is 0. The molecule has 0 radical (unpaired) electrons. The highest BCUT2D eigenvalue weighted by atomic mass is 32.1. The third kappa shape index (κ3) is 5.67. The molecule has 1 aromatic heterocycles. The molecule has 0 bridgehead atoms. The molecule has 0 saturated carbocycles. The summed E-state index contributed by atoms with van der Waals surface area (Å²) in [5.41, 5.74) is 0. The number of aliphatic hydroxyl groups excluding tert-OH is 1. The average molecular weight is 335 g/mol. The maximum atomic E-state index is 12.2. The highest BCUT2D eigenvalue weighted by Gasteiger charge is 2.18. The summed E-state index contributed by atoms with van der Waals surface area (Å²) in [5, 5.41) is 13.7. The van der Waals surface area contributed by atoms with Gasteiger partial charge in [-0.1, -0.05) is 24.3 Å². The van der Waals surface area contributed by atoms with Crippen LogP contribution >= 0.6 is 11.3 Å². The Labute approximate surface area is 139 Å². The van der Waals surface area contributed by atoms with E-state index in [0.717, 1.165) is 4.88 Å². The molecule has 0 unspecified atom stereocenters. The van der Waals surface area contributed by atoms with Crippen molar-refractivity contribution in [3.63, 3.8) is 0 Å². The van der Waals surface area contributed by atoms with Crippen LogP contribution in [0.4, 0.5) is 0 Å². The molecule has 2 N–H and O–H groups in total. The molecule has 5 nitrogen and oxygen atoms in total. The Hall–Kier alpha value is -1.89.